The summed E-state index contributed by atoms with van der Waals surface area (Å²) >= 11 is 0. The van der Waals surface area contributed by atoms with Gasteiger partial charge < -0.3 is 9.67 Å². The Bertz CT molecular complexity index is 916. The Hall–Kier alpha value is -3.48. The molecule has 0 aliphatic heterocycles. The van der Waals surface area contributed by atoms with Crippen molar-refractivity contribution in [3.8, 4) is 0 Å². The number of imidazole rings is 1. The number of non-ortho nitro benzene ring substituents is 1. The van der Waals surface area contributed by atoms with Crippen molar-refractivity contribution in [1.29, 1.82) is 0 Å². The van der Waals surface area contributed by atoms with E-state index in [4.69, 9.17) is 5.11 Å². The average molecular weight is 337 g/mol. The van der Waals surface area contributed by atoms with Gasteiger partial charge in [0.15, 0.2) is 0 Å². The Balaban J connectivity index is 1.77. The molecule has 126 valence electrons. The van der Waals surface area contributed by atoms with Crippen LogP contribution in [-0.4, -0.2) is 25.6 Å². The van der Waals surface area contributed by atoms with E-state index in [1.165, 1.54) is 12.1 Å². The van der Waals surface area contributed by atoms with E-state index in [1.807, 2.05) is 16.8 Å². The Morgan fingerprint density at radius 1 is 1.16 bits per heavy atom. The van der Waals surface area contributed by atoms with Crippen LogP contribution in [0.1, 0.15) is 27.3 Å². The van der Waals surface area contributed by atoms with Gasteiger partial charge in [-0.25, -0.2) is 9.78 Å². The summed E-state index contributed by atoms with van der Waals surface area (Å²) in [4.78, 5) is 25.7. The number of nitrogens with zero attached hydrogens (tertiary/aromatic N) is 3. The lowest BCUT2D eigenvalue weighted by Crippen LogP contribution is -2.06. The van der Waals surface area contributed by atoms with Crippen LogP contribution in [-0.2, 0) is 13.0 Å². The van der Waals surface area contributed by atoms with E-state index >= 15 is 0 Å². The average Bonchev–Trinajstić information content (AvgIpc) is 3.02. The number of aromatic nitrogens is 2. The zero-order valence-corrected chi connectivity index (χ0v) is 13.2. The number of benzene rings is 2. The van der Waals surface area contributed by atoms with E-state index in [-0.39, 0.29) is 11.3 Å². The highest BCUT2D eigenvalue weighted by Gasteiger charge is 2.09. The normalized spacial score (nSPS) is 10.6. The summed E-state index contributed by atoms with van der Waals surface area (Å²) in [5.74, 6) is -0.159. The number of carboxylic acids is 1. The van der Waals surface area contributed by atoms with E-state index in [1.54, 1.807) is 36.5 Å². The molecule has 1 heterocycles. The summed E-state index contributed by atoms with van der Waals surface area (Å²) in [7, 11) is 0. The van der Waals surface area contributed by atoms with Crippen molar-refractivity contribution in [2.75, 3.05) is 0 Å². The first-order valence-electron chi connectivity index (χ1n) is 7.58. The number of hydrogen-bond donors (Lipinski definition) is 1. The molecule has 0 fully saturated rings. The summed E-state index contributed by atoms with van der Waals surface area (Å²) in [5, 5.41) is 19.8. The first-order chi connectivity index (χ1) is 12.0. The lowest BCUT2D eigenvalue weighted by molar-refractivity contribution is -0.384. The molecule has 0 saturated carbocycles. The molecule has 0 saturated heterocycles. The Morgan fingerprint density at radius 3 is 2.60 bits per heavy atom. The second-order valence-corrected chi connectivity index (χ2v) is 5.58. The predicted molar refractivity (Wildman–Crippen MR) is 90.6 cm³/mol. The molecule has 0 amide bonds. The molecule has 3 rings (SSSR count). The third kappa shape index (κ3) is 3.89. The molecule has 0 spiro atoms. The minimum absolute atomic E-state index is 0.0533. The number of nitro benzene ring substituents is 1. The zero-order chi connectivity index (χ0) is 17.8. The van der Waals surface area contributed by atoms with Gasteiger partial charge in [0.25, 0.3) is 5.69 Å². The standard InChI is InChI=1S/C18H15N3O4/c22-18(23)15-3-1-2-14(10-15)12-20-9-8-19-17(20)11-13-4-6-16(7-5-13)21(24)25/h1-10H,11-12H2,(H,22,23). The molecule has 1 N–H and O–H groups in total. The third-order valence-corrected chi connectivity index (χ3v) is 3.84. The van der Waals surface area contributed by atoms with Gasteiger partial charge in [-0.2, -0.15) is 0 Å². The SMILES string of the molecule is O=C(O)c1cccc(Cn2ccnc2Cc2ccc([N+](=O)[O-])cc2)c1. The fourth-order valence-electron chi connectivity index (χ4n) is 2.57. The highest BCUT2D eigenvalue weighted by molar-refractivity contribution is 5.87. The number of carbonyl (C=O) groups is 1. The van der Waals surface area contributed by atoms with Crippen LogP contribution in [0.5, 0.6) is 0 Å². The zero-order valence-electron chi connectivity index (χ0n) is 13.2. The Morgan fingerprint density at radius 2 is 1.92 bits per heavy atom. The second-order valence-electron chi connectivity index (χ2n) is 5.58. The van der Waals surface area contributed by atoms with Crippen LogP contribution in [0.2, 0.25) is 0 Å². The van der Waals surface area contributed by atoms with Crippen molar-refractivity contribution in [3.63, 3.8) is 0 Å². The van der Waals surface area contributed by atoms with Gasteiger partial charge in [-0.1, -0.05) is 24.3 Å². The highest BCUT2D eigenvalue weighted by Crippen LogP contribution is 2.16. The molecule has 0 aliphatic carbocycles. The van der Waals surface area contributed by atoms with Crippen LogP contribution in [0, 0.1) is 10.1 Å². The van der Waals surface area contributed by atoms with Gasteiger partial charge in [0.1, 0.15) is 5.82 Å². The molecule has 7 nitrogen and oxygen atoms in total. The topological polar surface area (TPSA) is 98.3 Å². The predicted octanol–water partition coefficient (Wildman–Crippen LogP) is 3.13. The van der Waals surface area contributed by atoms with Crippen molar-refractivity contribution < 1.29 is 14.8 Å². The van der Waals surface area contributed by atoms with Crippen LogP contribution >= 0.6 is 0 Å². The molecule has 3 aromatic rings. The van der Waals surface area contributed by atoms with Gasteiger partial charge in [-0.05, 0) is 23.3 Å². The molecular formula is C18H15N3O4. The van der Waals surface area contributed by atoms with Gasteiger partial charge in [0.2, 0.25) is 0 Å². The molecule has 0 aliphatic rings. The van der Waals surface area contributed by atoms with E-state index in [0.717, 1.165) is 17.0 Å². The Labute approximate surface area is 143 Å². The van der Waals surface area contributed by atoms with E-state index in [0.29, 0.717) is 13.0 Å². The maximum atomic E-state index is 11.1. The molecule has 0 unspecified atom stereocenters. The number of aromatic carboxylic acids is 1. The highest BCUT2D eigenvalue weighted by atomic mass is 16.6. The Kier molecular flexibility index (Phi) is 4.56. The quantitative estimate of drug-likeness (QED) is 0.550. The molecular weight excluding hydrogens is 322 g/mol. The lowest BCUT2D eigenvalue weighted by Gasteiger charge is -2.09. The maximum absolute atomic E-state index is 11.1. The van der Waals surface area contributed by atoms with Gasteiger partial charge in [0, 0.05) is 37.5 Å². The van der Waals surface area contributed by atoms with E-state index in [9.17, 15) is 14.9 Å². The van der Waals surface area contributed by atoms with Gasteiger partial charge in [-0.3, -0.25) is 10.1 Å². The molecule has 2 aromatic carbocycles. The summed E-state index contributed by atoms with van der Waals surface area (Å²) in [6.45, 7) is 0.503. The summed E-state index contributed by atoms with van der Waals surface area (Å²) in [6.07, 6.45) is 4.04. The number of hydrogen-bond acceptors (Lipinski definition) is 4. The van der Waals surface area contributed by atoms with Gasteiger partial charge in [0.05, 0.1) is 10.5 Å². The van der Waals surface area contributed by atoms with E-state index in [2.05, 4.69) is 4.98 Å². The fourth-order valence-corrected chi connectivity index (χ4v) is 2.57. The van der Waals surface area contributed by atoms with Crippen molar-refractivity contribution in [1.82, 2.24) is 9.55 Å². The van der Waals surface area contributed by atoms with E-state index < -0.39 is 10.9 Å². The summed E-state index contributed by atoms with van der Waals surface area (Å²) in [6, 6.07) is 13.1. The fraction of sp³-hybridized carbons (Fsp3) is 0.111. The lowest BCUT2D eigenvalue weighted by atomic mass is 10.1. The van der Waals surface area contributed by atoms with Crippen LogP contribution in [0.15, 0.2) is 60.9 Å². The summed E-state index contributed by atoms with van der Waals surface area (Å²) in [5.41, 5.74) is 2.08. The van der Waals surface area contributed by atoms with Crippen LogP contribution in [0.3, 0.4) is 0 Å². The molecule has 25 heavy (non-hydrogen) atoms. The minimum Gasteiger partial charge on any atom is -0.478 e. The second kappa shape index (κ2) is 6.96. The third-order valence-electron chi connectivity index (χ3n) is 3.84. The van der Waals surface area contributed by atoms with Crippen LogP contribution in [0.25, 0.3) is 0 Å². The van der Waals surface area contributed by atoms with Gasteiger partial charge >= 0.3 is 5.97 Å². The smallest absolute Gasteiger partial charge is 0.335 e. The number of nitro groups is 1. The molecule has 0 atom stereocenters. The molecule has 7 heteroatoms. The minimum atomic E-state index is -0.960. The van der Waals surface area contributed by atoms with Crippen molar-refractivity contribution in [3.05, 3.63) is 93.6 Å². The number of carboxylic acid groups (broad SMARTS) is 1. The monoisotopic (exact) mass is 337 g/mol. The van der Waals surface area contributed by atoms with Crippen molar-refractivity contribution >= 4 is 11.7 Å². The number of rotatable bonds is 6. The maximum Gasteiger partial charge on any atom is 0.335 e. The first-order valence-corrected chi connectivity index (χ1v) is 7.58. The largest absolute Gasteiger partial charge is 0.478 e. The van der Waals surface area contributed by atoms with Gasteiger partial charge in [-0.15, -0.1) is 0 Å². The summed E-state index contributed by atoms with van der Waals surface area (Å²) < 4.78 is 1.93. The molecule has 0 radical (unpaired) electrons. The molecule has 0 bridgehead atoms. The van der Waals surface area contributed by atoms with Crippen LogP contribution in [0.4, 0.5) is 5.69 Å². The molecule has 1 aromatic heterocycles. The van der Waals surface area contributed by atoms with Crippen LogP contribution < -0.4 is 0 Å². The van der Waals surface area contributed by atoms with Crippen molar-refractivity contribution in [2.45, 2.75) is 13.0 Å². The first kappa shape index (κ1) is 16.4. The van der Waals surface area contributed by atoms with Crippen molar-refractivity contribution in [2.24, 2.45) is 0 Å².